The van der Waals surface area contributed by atoms with Crippen LogP contribution in [0, 0.1) is 12.8 Å². The van der Waals surface area contributed by atoms with Crippen molar-refractivity contribution in [1.82, 2.24) is 10.6 Å². The van der Waals surface area contributed by atoms with Gasteiger partial charge in [-0.25, -0.2) is 0 Å². The lowest BCUT2D eigenvalue weighted by molar-refractivity contribution is 0.0925. The number of nitrogens with one attached hydrogen (secondary N) is 2. The Morgan fingerprint density at radius 1 is 1.41 bits per heavy atom. The molecule has 3 heteroatoms. The summed E-state index contributed by atoms with van der Waals surface area (Å²) in [6.07, 6.45) is 1.06. The number of aryl methyl sites for hydroxylation is 1. The molecule has 2 N–H and O–H groups in total. The zero-order valence-electron chi connectivity index (χ0n) is 10.5. The Balaban J connectivity index is 1.97. The van der Waals surface area contributed by atoms with Crippen molar-refractivity contribution in [3.63, 3.8) is 0 Å². The van der Waals surface area contributed by atoms with Crippen LogP contribution >= 0.6 is 0 Å². The van der Waals surface area contributed by atoms with Crippen molar-refractivity contribution in [3.8, 4) is 0 Å². The van der Waals surface area contributed by atoms with Crippen molar-refractivity contribution in [2.45, 2.75) is 26.3 Å². The lowest BCUT2D eigenvalue weighted by Gasteiger charge is -2.28. The summed E-state index contributed by atoms with van der Waals surface area (Å²) in [4.78, 5) is 12.0. The molecule has 0 spiro atoms. The van der Waals surface area contributed by atoms with Crippen LogP contribution in [0.1, 0.15) is 29.3 Å². The molecule has 1 heterocycles. The largest absolute Gasteiger partial charge is 0.348 e. The molecule has 1 fully saturated rings. The Kier molecular flexibility index (Phi) is 3.79. The van der Waals surface area contributed by atoms with Crippen LogP contribution in [0.4, 0.5) is 0 Å². The molecule has 92 valence electrons. The van der Waals surface area contributed by atoms with Crippen LogP contribution < -0.4 is 10.6 Å². The van der Waals surface area contributed by atoms with Gasteiger partial charge in [0, 0.05) is 18.2 Å². The maximum Gasteiger partial charge on any atom is 0.251 e. The van der Waals surface area contributed by atoms with Crippen LogP contribution in [0.15, 0.2) is 24.3 Å². The third-order valence-electron chi connectivity index (χ3n) is 3.19. The minimum atomic E-state index is 0.0367. The maximum absolute atomic E-state index is 12.0. The van der Waals surface area contributed by atoms with Gasteiger partial charge in [0.2, 0.25) is 0 Å². The Labute approximate surface area is 103 Å². The minimum Gasteiger partial charge on any atom is -0.348 e. The van der Waals surface area contributed by atoms with Gasteiger partial charge in [0.1, 0.15) is 0 Å². The number of carbonyl (C=O) groups excluding carboxylic acids is 1. The predicted octanol–water partition coefficient (Wildman–Crippen LogP) is 1.72. The predicted molar refractivity (Wildman–Crippen MR) is 69.1 cm³/mol. The van der Waals surface area contributed by atoms with Gasteiger partial charge in [-0.1, -0.05) is 24.6 Å². The van der Waals surface area contributed by atoms with Gasteiger partial charge in [-0.15, -0.1) is 0 Å². The number of rotatable bonds is 2. The highest BCUT2D eigenvalue weighted by molar-refractivity contribution is 5.94. The molecular weight excluding hydrogens is 212 g/mol. The van der Waals surface area contributed by atoms with Crippen molar-refractivity contribution in [3.05, 3.63) is 35.4 Å². The number of hydrogen-bond acceptors (Lipinski definition) is 2. The minimum absolute atomic E-state index is 0.0367. The number of piperidine rings is 1. The van der Waals surface area contributed by atoms with Crippen molar-refractivity contribution < 1.29 is 4.79 Å². The molecule has 17 heavy (non-hydrogen) atoms. The molecule has 0 bridgehead atoms. The first-order valence-electron chi connectivity index (χ1n) is 6.23. The lowest BCUT2D eigenvalue weighted by Crippen LogP contribution is -2.48. The molecule has 1 amide bonds. The fourth-order valence-electron chi connectivity index (χ4n) is 2.32. The van der Waals surface area contributed by atoms with E-state index in [1.54, 1.807) is 0 Å². The van der Waals surface area contributed by atoms with Gasteiger partial charge in [-0.2, -0.15) is 0 Å². The van der Waals surface area contributed by atoms with Crippen LogP contribution in [0.25, 0.3) is 0 Å². The summed E-state index contributed by atoms with van der Waals surface area (Å²) >= 11 is 0. The standard InChI is InChI=1S/C14H20N2O/c1-10-4-3-5-12(6-10)14(17)16-13-7-11(2)8-15-9-13/h3-6,11,13,15H,7-9H2,1-2H3,(H,16,17). The van der Waals surface area contributed by atoms with E-state index in [1.165, 1.54) is 0 Å². The SMILES string of the molecule is Cc1cccc(C(=O)NC2CNCC(C)C2)c1. The zero-order chi connectivity index (χ0) is 12.3. The van der Waals surface area contributed by atoms with Crippen molar-refractivity contribution in [2.24, 2.45) is 5.92 Å². The second kappa shape index (κ2) is 5.32. The summed E-state index contributed by atoms with van der Waals surface area (Å²) in [6, 6.07) is 7.97. The molecule has 0 aliphatic carbocycles. The van der Waals surface area contributed by atoms with Crippen LogP contribution in [-0.2, 0) is 0 Å². The Bertz CT molecular complexity index is 403. The van der Waals surface area contributed by atoms with Gasteiger partial charge in [0.25, 0.3) is 5.91 Å². The maximum atomic E-state index is 12.0. The van der Waals surface area contributed by atoms with E-state index in [0.29, 0.717) is 5.92 Å². The monoisotopic (exact) mass is 232 g/mol. The molecule has 1 aliphatic heterocycles. The number of amides is 1. The van der Waals surface area contributed by atoms with Crippen LogP contribution in [-0.4, -0.2) is 25.0 Å². The molecule has 1 aliphatic rings. The third-order valence-corrected chi connectivity index (χ3v) is 3.19. The average Bonchev–Trinajstić information content (AvgIpc) is 2.29. The van der Waals surface area contributed by atoms with E-state index in [2.05, 4.69) is 17.6 Å². The summed E-state index contributed by atoms with van der Waals surface area (Å²) < 4.78 is 0. The summed E-state index contributed by atoms with van der Waals surface area (Å²) in [5.41, 5.74) is 1.87. The molecule has 1 aromatic rings. The highest BCUT2D eigenvalue weighted by Crippen LogP contribution is 2.10. The second-order valence-electron chi connectivity index (χ2n) is 5.04. The van der Waals surface area contributed by atoms with Crippen LogP contribution in [0.5, 0.6) is 0 Å². The number of benzene rings is 1. The van der Waals surface area contributed by atoms with E-state index < -0.39 is 0 Å². The normalized spacial score (nSPS) is 24.4. The molecule has 1 aromatic carbocycles. The summed E-state index contributed by atoms with van der Waals surface area (Å²) in [6.45, 7) is 6.14. The molecule has 0 radical (unpaired) electrons. The van der Waals surface area contributed by atoms with E-state index in [-0.39, 0.29) is 11.9 Å². The van der Waals surface area contributed by atoms with Crippen molar-refractivity contribution >= 4 is 5.91 Å². The van der Waals surface area contributed by atoms with Gasteiger partial charge < -0.3 is 10.6 Å². The highest BCUT2D eigenvalue weighted by atomic mass is 16.1. The molecule has 3 nitrogen and oxygen atoms in total. The number of hydrogen-bond donors (Lipinski definition) is 2. The molecule has 0 aromatic heterocycles. The molecule has 1 saturated heterocycles. The third kappa shape index (κ3) is 3.30. The first kappa shape index (κ1) is 12.1. The topological polar surface area (TPSA) is 41.1 Å². The second-order valence-corrected chi connectivity index (χ2v) is 5.04. The number of carbonyl (C=O) groups is 1. The molecule has 2 unspecified atom stereocenters. The van der Waals surface area contributed by atoms with E-state index in [1.807, 2.05) is 31.2 Å². The van der Waals surface area contributed by atoms with E-state index >= 15 is 0 Å². The Morgan fingerprint density at radius 2 is 2.24 bits per heavy atom. The van der Waals surface area contributed by atoms with Crippen molar-refractivity contribution in [2.75, 3.05) is 13.1 Å². The lowest BCUT2D eigenvalue weighted by atomic mass is 9.97. The highest BCUT2D eigenvalue weighted by Gasteiger charge is 2.20. The molecule has 2 rings (SSSR count). The zero-order valence-corrected chi connectivity index (χ0v) is 10.5. The van der Waals surface area contributed by atoms with Crippen LogP contribution in [0.3, 0.4) is 0 Å². The van der Waals surface area contributed by atoms with E-state index in [4.69, 9.17) is 0 Å². The first-order chi connectivity index (χ1) is 8.15. The van der Waals surface area contributed by atoms with E-state index in [0.717, 1.165) is 30.6 Å². The quantitative estimate of drug-likeness (QED) is 0.815. The fraction of sp³-hybridized carbons (Fsp3) is 0.500. The smallest absolute Gasteiger partial charge is 0.251 e. The summed E-state index contributed by atoms with van der Waals surface area (Å²) in [5, 5.41) is 6.43. The summed E-state index contributed by atoms with van der Waals surface area (Å²) in [7, 11) is 0. The van der Waals surface area contributed by atoms with Crippen LogP contribution in [0.2, 0.25) is 0 Å². The Hall–Kier alpha value is -1.35. The van der Waals surface area contributed by atoms with Gasteiger partial charge in [0.15, 0.2) is 0 Å². The fourth-order valence-corrected chi connectivity index (χ4v) is 2.32. The molecule has 0 saturated carbocycles. The van der Waals surface area contributed by atoms with Gasteiger partial charge in [0.05, 0.1) is 0 Å². The van der Waals surface area contributed by atoms with Gasteiger partial charge >= 0.3 is 0 Å². The first-order valence-corrected chi connectivity index (χ1v) is 6.23. The van der Waals surface area contributed by atoms with Gasteiger partial charge in [-0.05, 0) is 37.9 Å². The van der Waals surface area contributed by atoms with Crippen molar-refractivity contribution in [1.29, 1.82) is 0 Å². The molecule has 2 atom stereocenters. The van der Waals surface area contributed by atoms with E-state index in [9.17, 15) is 4.79 Å². The molecular formula is C14H20N2O. The Morgan fingerprint density at radius 3 is 2.94 bits per heavy atom. The van der Waals surface area contributed by atoms with Gasteiger partial charge in [-0.3, -0.25) is 4.79 Å². The average molecular weight is 232 g/mol. The summed E-state index contributed by atoms with van der Waals surface area (Å²) in [5.74, 6) is 0.668.